The van der Waals surface area contributed by atoms with Crippen LogP contribution in [0.1, 0.15) is 90.0 Å². The molecule has 0 bridgehead atoms. The summed E-state index contributed by atoms with van der Waals surface area (Å²) >= 11 is 0. The molecule has 1 aromatic rings. The van der Waals surface area contributed by atoms with Crippen LogP contribution in [0.5, 0.6) is 5.75 Å². The van der Waals surface area contributed by atoms with E-state index in [9.17, 15) is 0 Å². The Kier molecular flexibility index (Phi) is 11.8. The van der Waals surface area contributed by atoms with Gasteiger partial charge in [-0.05, 0) is 30.9 Å². The van der Waals surface area contributed by atoms with Gasteiger partial charge in [-0.3, -0.25) is 0 Å². The molecule has 126 valence electrons. The van der Waals surface area contributed by atoms with Gasteiger partial charge in [0.2, 0.25) is 0 Å². The lowest BCUT2D eigenvalue weighted by Gasteiger charge is -2.10. The van der Waals surface area contributed by atoms with Crippen LogP contribution in [0.15, 0.2) is 24.3 Å². The molecule has 0 fully saturated rings. The van der Waals surface area contributed by atoms with Crippen LogP contribution in [0, 0.1) is 0 Å². The van der Waals surface area contributed by atoms with Crippen LogP contribution in [0.4, 0.5) is 0 Å². The van der Waals surface area contributed by atoms with Gasteiger partial charge in [-0.1, -0.05) is 89.8 Å². The van der Waals surface area contributed by atoms with E-state index in [4.69, 9.17) is 4.74 Å². The maximum atomic E-state index is 5.83. The Labute approximate surface area is 138 Å². The first kappa shape index (κ1) is 19.1. The second-order valence-corrected chi connectivity index (χ2v) is 6.39. The Morgan fingerprint density at radius 2 is 1.27 bits per heavy atom. The van der Waals surface area contributed by atoms with E-state index in [0.29, 0.717) is 0 Å². The van der Waals surface area contributed by atoms with Crippen LogP contribution in [0.25, 0.3) is 0 Å². The highest BCUT2D eigenvalue weighted by Gasteiger charge is 2.02. The van der Waals surface area contributed by atoms with Crippen molar-refractivity contribution in [2.75, 3.05) is 6.61 Å². The van der Waals surface area contributed by atoms with E-state index < -0.39 is 0 Å². The fourth-order valence-corrected chi connectivity index (χ4v) is 2.87. The highest BCUT2D eigenvalue weighted by Crippen LogP contribution is 2.21. The second-order valence-electron chi connectivity index (χ2n) is 6.39. The quantitative estimate of drug-likeness (QED) is 0.338. The van der Waals surface area contributed by atoms with Crippen molar-refractivity contribution in [3.05, 3.63) is 29.8 Å². The monoisotopic (exact) mass is 304 g/mol. The Balaban J connectivity index is 2.05. The Morgan fingerprint density at radius 1 is 0.682 bits per heavy atom. The Bertz CT molecular complexity index is 359. The zero-order valence-corrected chi connectivity index (χ0v) is 14.9. The molecule has 0 saturated heterocycles. The van der Waals surface area contributed by atoms with E-state index in [2.05, 4.69) is 38.1 Å². The minimum absolute atomic E-state index is 0.828. The Morgan fingerprint density at radius 3 is 1.91 bits per heavy atom. The van der Waals surface area contributed by atoms with E-state index in [0.717, 1.165) is 25.2 Å². The van der Waals surface area contributed by atoms with E-state index in [1.165, 1.54) is 69.8 Å². The van der Waals surface area contributed by atoms with E-state index in [1.54, 1.807) is 0 Å². The minimum Gasteiger partial charge on any atom is -0.493 e. The third kappa shape index (κ3) is 9.12. The van der Waals surface area contributed by atoms with E-state index in [-0.39, 0.29) is 0 Å². The first-order valence-corrected chi connectivity index (χ1v) is 9.59. The second kappa shape index (κ2) is 13.7. The van der Waals surface area contributed by atoms with Crippen molar-refractivity contribution in [2.24, 2.45) is 0 Å². The predicted octanol–water partition coefficient (Wildman–Crippen LogP) is 6.94. The van der Waals surface area contributed by atoms with E-state index in [1.807, 2.05) is 0 Å². The first-order valence-electron chi connectivity index (χ1n) is 9.59. The molecule has 1 heteroatoms. The topological polar surface area (TPSA) is 9.23 Å². The molecule has 0 N–H and O–H groups in total. The van der Waals surface area contributed by atoms with Crippen LogP contribution >= 0.6 is 0 Å². The summed E-state index contributed by atoms with van der Waals surface area (Å²) < 4.78 is 5.83. The summed E-state index contributed by atoms with van der Waals surface area (Å²) in [6, 6.07) is 8.54. The average molecular weight is 305 g/mol. The third-order valence-electron chi connectivity index (χ3n) is 4.23. The van der Waals surface area contributed by atoms with Gasteiger partial charge in [0, 0.05) is 0 Å². The number of hydrogen-bond acceptors (Lipinski definition) is 1. The van der Waals surface area contributed by atoms with Crippen molar-refractivity contribution in [3.8, 4) is 5.75 Å². The SMILES string of the molecule is CCCCCCCCCCCCc1ccccc1OCCC. The van der Waals surface area contributed by atoms with Crippen molar-refractivity contribution < 1.29 is 4.74 Å². The summed E-state index contributed by atoms with van der Waals surface area (Å²) in [4.78, 5) is 0. The van der Waals surface area contributed by atoms with Gasteiger partial charge in [0.15, 0.2) is 0 Å². The number of benzene rings is 1. The summed E-state index contributed by atoms with van der Waals surface area (Å²) in [5, 5.41) is 0. The molecule has 0 amide bonds. The number of ether oxygens (including phenoxy) is 1. The smallest absolute Gasteiger partial charge is 0.122 e. The molecule has 0 spiro atoms. The largest absolute Gasteiger partial charge is 0.493 e. The number of rotatable bonds is 14. The van der Waals surface area contributed by atoms with Gasteiger partial charge >= 0.3 is 0 Å². The van der Waals surface area contributed by atoms with Gasteiger partial charge in [-0.2, -0.15) is 0 Å². The molecule has 0 unspecified atom stereocenters. The molecule has 22 heavy (non-hydrogen) atoms. The van der Waals surface area contributed by atoms with Crippen molar-refractivity contribution in [1.82, 2.24) is 0 Å². The molecule has 0 aliphatic rings. The average Bonchev–Trinajstić information content (AvgIpc) is 2.55. The summed E-state index contributed by atoms with van der Waals surface area (Å²) in [6.07, 6.45) is 16.2. The number of hydrogen-bond donors (Lipinski definition) is 0. The van der Waals surface area contributed by atoms with Gasteiger partial charge in [-0.15, -0.1) is 0 Å². The number of unbranched alkanes of at least 4 members (excludes halogenated alkanes) is 9. The van der Waals surface area contributed by atoms with Gasteiger partial charge < -0.3 is 4.74 Å². The molecule has 0 heterocycles. The van der Waals surface area contributed by atoms with Gasteiger partial charge in [0.25, 0.3) is 0 Å². The molecule has 1 aromatic carbocycles. The summed E-state index contributed by atoms with van der Waals surface area (Å²) in [6.45, 7) is 5.27. The molecule has 0 aliphatic carbocycles. The zero-order valence-electron chi connectivity index (χ0n) is 14.9. The van der Waals surface area contributed by atoms with E-state index >= 15 is 0 Å². The molecule has 0 aliphatic heterocycles. The third-order valence-corrected chi connectivity index (χ3v) is 4.23. The van der Waals surface area contributed by atoms with Gasteiger partial charge in [-0.25, -0.2) is 0 Å². The first-order chi connectivity index (χ1) is 10.9. The molecule has 0 aromatic heterocycles. The van der Waals surface area contributed by atoms with Crippen molar-refractivity contribution in [1.29, 1.82) is 0 Å². The molecule has 0 atom stereocenters. The van der Waals surface area contributed by atoms with Crippen LogP contribution in [0.3, 0.4) is 0 Å². The molecular weight excluding hydrogens is 268 g/mol. The van der Waals surface area contributed by atoms with Crippen molar-refractivity contribution in [2.45, 2.75) is 90.9 Å². The highest BCUT2D eigenvalue weighted by atomic mass is 16.5. The lowest BCUT2D eigenvalue weighted by molar-refractivity contribution is 0.314. The molecule has 0 saturated carbocycles. The van der Waals surface area contributed by atoms with Crippen molar-refractivity contribution in [3.63, 3.8) is 0 Å². The van der Waals surface area contributed by atoms with Gasteiger partial charge in [0.05, 0.1) is 6.61 Å². The van der Waals surface area contributed by atoms with Crippen LogP contribution < -0.4 is 4.74 Å². The molecule has 1 rings (SSSR count). The minimum atomic E-state index is 0.828. The Hall–Kier alpha value is -0.980. The lowest BCUT2D eigenvalue weighted by atomic mass is 10.0. The van der Waals surface area contributed by atoms with Crippen LogP contribution in [-0.4, -0.2) is 6.61 Å². The van der Waals surface area contributed by atoms with Gasteiger partial charge in [0.1, 0.15) is 5.75 Å². The van der Waals surface area contributed by atoms with Crippen molar-refractivity contribution >= 4 is 0 Å². The van der Waals surface area contributed by atoms with Crippen LogP contribution in [-0.2, 0) is 6.42 Å². The highest BCUT2D eigenvalue weighted by molar-refractivity contribution is 5.33. The molecule has 1 nitrogen and oxygen atoms in total. The zero-order chi connectivity index (χ0) is 15.9. The fraction of sp³-hybridized carbons (Fsp3) is 0.714. The van der Waals surface area contributed by atoms with Crippen LogP contribution in [0.2, 0.25) is 0 Å². The number of aryl methyl sites for hydroxylation is 1. The molecular formula is C21H36O. The lowest BCUT2D eigenvalue weighted by Crippen LogP contribution is -1.99. The standard InChI is InChI=1S/C21H36O/c1-3-5-6-7-8-9-10-11-12-13-16-20-17-14-15-18-21(20)22-19-4-2/h14-15,17-18H,3-13,16,19H2,1-2H3. The molecule has 0 radical (unpaired) electrons. The predicted molar refractivity (Wildman–Crippen MR) is 97.8 cm³/mol. The normalized spacial score (nSPS) is 10.8. The summed E-state index contributed by atoms with van der Waals surface area (Å²) in [7, 11) is 0. The fourth-order valence-electron chi connectivity index (χ4n) is 2.87. The summed E-state index contributed by atoms with van der Waals surface area (Å²) in [5.74, 6) is 1.10. The summed E-state index contributed by atoms with van der Waals surface area (Å²) in [5.41, 5.74) is 1.38. The number of para-hydroxylation sites is 1. The maximum absolute atomic E-state index is 5.83. The maximum Gasteiger partial charge on any atom is 0.122 e.